The second-order valence-corrected chi connectivity index (χ2v) is 8.13. The predicted octanol–water partition coefficient (Wildman–Crippen LogP) is 4.15. The van der Waals surface area contributed by atoms with Crippen LogP contribution < -0.4 is 10.2 Å². The maximum absolute atomic E-state index is 5.84. The molecule has 0 amide bonds. The molecule has 7 nitrogen and oxygen atoms in total. The molecular weight excluding hydrogens is 378 g/mol. The minimum Gasteiger partial charge on any atom is -0.468 e. The predicted molar refractivity (Wildman–Crippen MR) is 116 cm³/mol. The number of hydrogen-bond acceptors (Lipinski definition) is 5. The molecule has 2 aromatic heterocycles. The summed E-state index contributed by atoms with van der Waals surface area (Å²) in [5.41, 5.74) is 3.59. The van der Waals surface area contributed by atoms with Crippen molar-refractivity contribution in [3.63, 3.8) is 0 Å². The van der Waals surface area contributed by atoms with Crippen LogP contribution in [0.1, 0.15) is 63.8 Å². The molecule has 0 atom stereocenters. The summed E-state index contributed by atoms with van der Waals surface area (Å²) in [4.78, 5) is 17.3. The lowest BCUT2D eigenvalue weighted by Crippen LogP contribution is -2.15. The zero-order chi connectivity index (χ0) is 20.9. The van der Waals surface area contributed by atoms with Crippen LogP contribution in [0.4, 0.5) is 0 Å². The van der Waals surface area contributed by atoms with Crippen LogP contribution in [-0.4, -0.2) is 39.0 Å². The van der Waals surface area contributed by atoms with Crippen molar-refractivity contribution in [1.29, 1.82) is 0 Å². The van der Waals surface area contributed by atoms with Gasteiger partial charge < -0.3 is 19.0 Å². The smallest absolute Gasteiger partial charge is 0.189 e. The number of benzene rings is 1. The Bertz CT molecular complexity index is 1050. The maximum Gasteiger partial charge on any atom is 0.189 e. The third-order valence-electron chi connectivity index (χ3n) is 5.46. The van der Waals surface area contributed by atoms with Crippen molar-refractivity contribution in [1.82, 2.24) is 19.5 Å². The fourth-order valence-corrected chi connectivity index (χ4v) is 3.83. The fourth-order valence-electron chi connectivity index (χ4n) is 3.83. The maximum atomic E-state index is 5.84. The van der Waals surface area contributed by atoms with Crippen molar-refractivity contribution in [2.75, 3.05) is 13.3 Å². The molecule has 1 fully saturated rings. The van der Waals surface area contributed by atoms with E-state index in [0.717, 1.165) is 41.1 Å². The van der Waals surface area contributed by atoms with Crippen LogP contribution in [0.25, 0.3) is 11.2 Å². The van der Waals surface area contributed by atoms with Gasteiger partial charge in [-0.3, -0.25) is 4.99 Å². The van der Waals surface area contributed by atoms with Crippen molar-refractivity contribution in [2.24, 2.45) is 4.99 Å². The first-order chi connectivity index (χ1) is 14.6. The first kappa shape index (κ1) is 20.6. The molecule has 0 aliphatic heterocycles. The lowest BCUT2D eigenvalue weighted by molar-refractivity contribution is -0.0325. The summed E-state index contributed by atoms with van der Waals surface area (Å²) in [7, 11) is 0. The Morgan fingerprint density at radius 2 is 2.10 bits per heavy atom. The Labute approximate surface area is 177 Å². The molecule has 3 aromatic rings. The Hall–Kier alpha value is -2.67. The standard InChI is InChI=1S/C23H31N5O2/c1-4-24-22-20-23(27-21(26-20)16(2)3)28(14-25-22)13-17-8-7-11-19(12-17)30-15-29-18-9-5-6-10-18/h7-8,11-12,14,16,18H,4-6,9-10,13,15H2,1-3H3,(H,26,27). The normalized spacial score (nSPS) is 15.5. The van der Waals surface area contributed by atoms with Gasteiger partial charge in [-0.15, -0.1) is 0 Å². The average Bonchev–Trinajstić information content (AvgIpc) is 3.41. The number of nitrogens with zero attached hydrogens (tertiary/aromatic N) is 4. The fraction of sp³-hybridized carbons (Fsp3) is 0.522. The SMILES string of the molecule is CCN=c1ncn(Cc2cccc(OCOC3CCCC3)c2)c2nc(C(C)C)[nH]c12. The van der Waals surface area contributed by atoms with Crippen LogP contribution >= 0.6 is 0 Å². The molecule has 0 saturated heterocycles. The molecular formula is C23H31N5O2. The van der Waals surface area contributed by atoms with Gasteiger partial charge in [0.15, 0.2) is 17.9 Å². The van der Waals surface area contributed by atoms with E-state index in [1.54, 1.807) is 0 Å². The first-order valence-corrected chi connectivity index (χ1v) is 10.9. The van der Waals surface area contributed by atoms with Gasteiger partial charge in [0, 0.05) is 12.5 Å². The largest absolute Gasteiger partial charge is 0.468 e. The highest BCUT2D eigenvalue weighted by atomic mass is 16.7. The molecule has 7 heteroatoms. The van der Waals surface area contributed by atoms with E-state index in [-0.39, 0.29) is 0 Å². The van der Waals surface area contributed by atoms with E-state index in [1.807, 2.05) is 25.4 Å². The minimum absolute atomic E-state index is 0.303. The number of aromatic amines is 1. The number of hydrogen-bond donors (Lipinski definition) is 1. The Balaban J connectivity index is 1.53. The summed E-state index contributed by atoms with van der Waals surface area (Å²) in [6, 6.07) is 8.12. The van der Waals surface area contributed by atoms with E-state index >= 15 is 0 Å². The summed E-state index contributed by atoms with van der Waals surface area (Å²) >= 11 is 0. The highest BCUT2D eigenvalue weighted by molar-refractivity contribution is 5.69. The van der Waals surface area contributed by atoms with Gasteiger partial charge in [0.2, 0.25) is 0 Å². The molecule has 0 bridgehead atoms. The summed E-state index contributed by atoms with van der Waals surface area (Å²) in [6.07, 6.45) is 6.98. The van der Waals surface area contributed by atoms with Crippen molar-refractivity contribution in [3.8, 4) is 5.75 Å². The molecule has 0 radical (unpaired) electrons. The van der Waals surface area contributed by atoms with E-state index < -0.39 is 0 Å². The van der Waals surface area contributed by atoms with Crippen LogP contribution in [0.2, 0.25) is 0 Å². The molecule has 0 unspecified atom stereocenters. The van der Waals surface area contributed by atoms with E-state index in [9.17, 15) is 0 Å². The van der Waals surface area contributed by atoms with Crippen LogP contribution in [0.15, 0.2) is 35.6 Å². The van der Waals surface area contributed by atoms with Gasteiger partial charge in [-0.05, 0) is 37.5 Å². The lowest BCUT2D eigenvalue weighted by atomic mass is 10.2. The molecule has 1 N–H and O–H groups in total. The highest BCUT2D eigenvalue weighted by Crippen LogP contribution is 2.22. The van der Waals surface area contributed by atoms with Crippen LogP contribution in [0.3, 0.4) is 0 Å². The Morgan fingerprint density at radius 3 is 2.87 bits per heavy atom. The second-order valence-electron chi connectivity index (χ2n) is 8.13. The number of ether oxygens (including phenoxy) is 2. The van der Waals surface area contributed by atoms with Crippen molar-refractivity contribution in [3.05, 3.63) is 47.5 Å². The molecule has 0 spiro atoms. The first-order valence-electron chi connectivity index (χ1n) is 10.9. The quantitative estimate of drug-likeness (QED) is 0.567. The van der Waals surface area contributed by atoms with Gasteiger partial charge in [-0.1, -0.05) is 38.8 Å². The van der Waals surface area contributed by atoms with E-state index in [4.69, 9.17) is 14.5 Å². The molecule has 1 aromatic carbocycles. The van der Waals surface area contributed by atoms with Crippen LogP contribution in [0, 0.1) is 0 Å². The highest BCUT2D eigenvalue weighted by Gasteiger charge is 2.15. The van der Waals surface area contributed by atoms with Gasteiger partial charge in [0.05, 0.1) is 19.0 Å². The topological polar surface area (TPSA) is 77.3 Å². The number of fused-ring (bicyclic) bond motifs is 1. The molecule has 1 aliphatic carbocycles. The van der Waals surface area contributed by atoms with Gasteiger partial charge in [-0.25, -0.2) is 9.97 Å². The third kappa shape index (κ3) is 4.73. The van der Waals surface area contributed by atoms with Crippen molar-refractivity contribution in [2.45, 2.75) is 65.0 Å². The van der Waals surface area contributed by atoms with Crippen LogP contribution in [0.5, 0.6) is 5.75 Å². The number of rotatable bonds is 8. The number of H-pyrrole nitrogens is 1. The molecule has 1 aliphatic rings. The monoisotopic (exact) mass is 409 g/mol. The molecule has 2 heterocycles. The summed E-state index contributed by atoms with van der Waals surface area (Å²) in [5, 5.41) is 0. The third-order valence-corrected chi connectivity index (χ3v) is 5.46. The molecule has 160 valence electrons. The summed E-state index contributed by atoms with van der Waals surface area (Å²) in [5.74, 6) is 2.06. The second kappa shape index (κ2) is 9.43. The van der Waals surface area contributed by atoms with Gasteiger partial charge in [0.1, 0.15) is 17.1 Å². The van der Waals surface area contributed by atoms with E-state index in [2.05, 4.69) is 45.5 Å². The summed E-state index contributed by atoms with van der Waals surface area (Å²) in [6.45, 7) is 7.90. The number of nitrogens with one attached hydrogen (secondary N) is 1. The lowest BCUT2D eigenvalue weighted by Gasteiger charge is -2.13. The minimum atomic E-state index is 0.303. The molecule has 4 rings (SSSR count). The van der Waals surface area contributed by atoms with Gasteiger partial charge in [0.25, 0.3) is 0 Å². The van der Waals surface area contributed by atoms with Crippen LogP contribution in [-0.2, 0) is 11.3 Å². The Morgan fingerprint density at radius 1 is 1.27 bits per heavy atom. The average molecular weight is 410 g/mol. The van der Waals surface area contributed by atoms with Gasteiger partial charge >= 0.3 is 0 Å². The molecule has 1 saturated carbocycles. The number of aromatic nitrogens is 4. The number of imidazole rings is 1. The van der Waals surface area contributed by atoms with Crippen molar-refractivity contribution < 1.29 is 9.47 Å². The molecule has 30 heavy (non-hydrogen) atoms. The van der Waals surface area contributed by atoms with Gasteiger partial charge in [-0.2, -0.15) is 0 Å². The Kier molecular flexibility index (Phi) is 6.47. The van der Waals surface area contributed by atoms with E-state index in [1.165, 1.54) is 12.8 Å². The van der Waals surface area contributed by atoms with E-state index in [0.29, 0.717) is 37.4 Å². The zero-order valence-electron chi connectivity index (χ0n) is 18.1. The zero-order valence-corrected chi connectivity index (χ0v) is 18.1. The summed E-state index contributed by atoms with van der Waals surface area (Å²) < 4.78 is 13.7. The van der Waals surface area contributed by atoms with Crippen molar-refractivity contribution >= 4 is 11.2 Å².